The summed E-state index contributed by atoms with van der Waals surface area (Å²) in [4.78, 5) is 38.1. The average molecular weight is 308 g/mol. The van der Waals surface area contributed by atoms with E-state index in [4.69, 9.17) is 11.6 Å². The molecule has 0 radical (unpaired) electrons. The van der Waals surface area contributed by atoms with Crippen LogP contribution in [0.5, 0.6) is 0 Å². The first-order chi connectivity index (χ1) is 10.0. The van der Waals surface area contributed by atoms with Crippen molar-refractivity contribution in [3.63, 3.8) is 0 Å². The van der Waals surface area contributed by atoms with Gasteiger partial charge < -0.3 is 10.2 Å². The van der Waals surface area contributed by atoms with E-state index in [9.17, 15) is 14.4 Å². The van der Waals surface area contributed by atoms with Gasteiger partial charge in [0.1, 0.15) is 0 Å². The summed E-state index contributed by atoms with van der Waals surface area (Å²) >= 11 is 5.85. The van der Waals surface area contributed by atoms with Gasteiger partial charge in [-0.3, -0.25) is 14.5 Å². The molecule has 2 heterocycles. The van der Waals surface area contributed by atoms with Crippen LogP contribution >= 0.6 is 11.6 Å². The van der Waals surface area contributed by atoms with Crippen molar-refractivity contribution in [2.24, 2.45) is 0 Å². The molecule has 0 unspecified atom stereocenters. The summed E-state index contributed by atoms with van der Waals surface area (Å²) in [7, 11) is 0. The van der Waals surface area contributed by atoms with Crippen molar-refractivity contribution in [3.05, 3.63) is 29.3 Å². The summed E-state index contributed by atoms with van der Waals surface area (Å²) < 4.78 is 0. The third-order valence-corrected chi connectivity index (χ3v) is 3.92. The number of hydrogen-bond acceptors (Lipinski definition) is 3. The molecule has 4 amide bonds. The van der Waals surface area contributed by atoms with E-state index < -0.39 is 0 Å². The minimum atomic E-state index is -0.257. The van der Waals surface area contributed by atoms with Gasteiger partial charge in [-0.05, 0) is 18.2 Å². The van der Waals surface area contributed by atoms with E-state index in [2.05, 4.69) is 5.32 Å². The fraction of sp³-hybridized carbons (Fsp3) is 0.357. The van der Waals surface area contributed by atoms with Crippen LogP contribution < -0.4 is 5.32 Å². The average Bonchev–Trinajstić information content (AvgIpc) is 2.69. The van der Waals surface area contributed by atoms with E-state index in [1.807, 2.05) is 0 Å². The SMILES string of the molecule is O=C(Nc1cccc(Cl)c1)N1CC(N2C(=O)CCC2=O)C1. The van der Waals surface area contributed by atoms with Gasteiger partial charge in [-0.25, -0.2) is 4.79 Å². The quantitative estimate of drug-likeness (QED) is 0.846. The molecule has 0 atom stereocenters. The van der Waals surface area contributed by atoms with E-state index >= 15 is 0 Å². The van der Waals surface area contributed by atoms with Crippen molar-refractivity contribution >= 4 is 35.1 Å². The lowest BCUT2D eigenvalue weighted by molar-refractivity contribution is -0.144. The van der Waals surface area contributed by atoms with E-state index in [0.29, 0.717) is 23.8 Å². The minimum Gasteiger partial charge on any atom is -0.320 e. The lowest BCUT2D eigenvalue weighted by Gasteiger charge is -2.42. The Morgan fingerprint density at radius 2 is 1.86 bits per heavy atom. The fourth-order valence-corrected chi connectivity index (χ4v) is 2.74. The Bertz CT molecular complexity index is 597. The van der Waals surface area contributed by atoms with Crippen LogP contribution in [0.1, 0.15) is 12.8 Å². The molecule has 7 heteroatoms. The van der Waals surface area contributed by atoms with Crippen molar-refractivity contribution < 1.29 is 14.4 Å². The summed E-state index contributed by atoms with van der Waals surface area (Å²) in [6.07, 6.45) is 0.564. The summed E-state index contributed by atoms with van der Waals surface area (Å²) in [5, 5.41) is 3.28. The number of benzene rings is 1. The molecule has 0 aromatic heterocycles. The van der Waals surface area contributed by atoms with E-state index in [1.165, 1.54) is 4.90 Å². The molecule has 0 bridgehead atoms. The van der Waals surface area contributed by atoms with Gasteiger partial charge >= 0.3 is 6.03 Å². The van der Waals surface area contributed by atoms with E-state index in [1.54, 1.807) is 29.2 Å². The van der Waals surface area contributed by atoms with Gasteiger partial charge in [0, 0.05) is 36.6 Å². The van der Waals surface area contributed by atoms with Crippen molar-refractivity contribution in [2.75, 3.05) is 18.4 Å². The van der Waals surface area contributed by atoms with Gasteiger partial charge in [-0.1, -0.05) is 17.7 Å². The second-order valence-corrected chi connectivity index (χ2v) is 5.59. The second kappa shape index (κ2) is 5.37. The first kappa shape index (κ1) is 13.9. The largest absolute Gasteiger partial charge is 0.321 e. The Morgan fingerprint density at radius 3 is 2.48 bits per heavy atom. The molecule has 0 aliphatic carbocycles. The third-order valence-electron chi connectivity index (χ3n) is 3.68. The molecule has 2 saturated heterocycles. The molecular weight excluding hydrogens is 294 g/mol. The van der Waals surface area contributed by atoms with Crippen LogP contribution in [0.4, 0.5) is 10.5 Å². The van der Waals surface area contributed by atoms with Gasteiger partial charge in [-0.15, -0.1) is 0 Å². The monoisotopic (exact) mass is 307 g/mol. The Kier molecular flexibility index (Phi) is 3.55. The summed E-state index contributed by atoms with van der Waals surface area (Å²) in [5.41, 5.74) is 0.615. The minimum absolute atomic E-state index is 0.139. The number of carbonyl (C=O) groups excluding carboxylic acids is 3. The lowest BCUT2D eigenvalue weighted by Crippen LogP contribution is -2.63. The predicted molar refractivity (Wildman–Crippen MR) is 76.9 cm³/mol. The van der Waals surface area contributed by atoms with Gasteiger partial charge in [0.05, 0.1) is 6.04 Å². The number of nitrogens with zero attached hydrogens (tertiary/aromatic N) is 2. The third kappa shape index (κ3) is 2.71. The molecule has 1 aromatic carbocycles. The highest BCUT2D eigenvalue weighted by Gasteiger charge is 2.42. The van der Waals surface area contributed by atoms with Crippen LogP contribution in [0.3, 0.4) is 0 Å². The normalized spacial score (nSPS) is 18.9. The Morgan fingerprint density at radius 1 is 1.19 bits per heavy atom. The maximum atomic E-state index is 12.0. The molecule has 0 saturated carbocycles. The van der Waals surface area contributed by atoms with Gasteiger partial charge in [-0.2, -0.15) is 0 Å². The lowest BCUT2D eigenvalue weighted by atomic mass is 10.1. The topological polar surface area (TPSA) is 69.7 Å². The number of likely N-dealkylation sites (tertiary alicyclic amines) is 2. The number of halogens is 1. The van der Waals surface area contributed by atoms with Crippen molar-refractivity contribution in [3.8, 4) is 0 Å². The number of anilines is 1. The van der Waals surface area contributed by atoms with E-state index in [0.717, 1.165) is 0 Å². The highest BCUT2D eigenvalue weighted by atomic mass is 35.5. The second-order valence-electron chi connectivity index (χ2n) is 5.16. The number of rotatable bonds is 2. The molecule has 21 heavy (non-hydrogen) atoms. The van der Waals surface area contributed by atoms with Crippen molar-refractivity contribution in [1.29, 1.82) is 0 Å². The number of carbonyl (C=O) groups is 3. The molecule has 1 N–H and O–H groups in total. The summed E-state index contributed by atoms with van der Waals surface area (Å²) in [6.45, 7) is 0.758. The van der Waals surface area contributed by atoms with Crippen LogP contribution in [0, 0.1) is 0 Å². The Balaban J connectivity index is 1.55. The molecule has 3 rings (SSSR count). The standard InChI is InChI=1S/C14H14ClN3O3/c15-9-2-1-3-10(6-9)16-14(21)17-7-11(8-17)18-12(19)4-5-13(18)20/h1-3,6,11H,4-5,7-8H2,(H,16,21). The van der Waals surface area contributed by atoms with Crippen LogP contribution in [-0.2, 0) is 9.59 Å². The maximum absolute atomic E-state index is 12.0. The molecule has 0 spiro atoms. The molecule has 2 fully saturated rings. The van der Waals surface area contributed by atoms with Crippen molar-refractivity contribution in [2.45, 2.75) is 18.9 Å². The molecule has 2 aliphatic heterocycles. The fourth-order valence-electron chi connectivity index (χ4n) is 2.55. The zero-order valence-electron chi connectivity index (χ0n) is 11.2. The molecular formula is C14H14ClN3O3. The zero-order valence-corrected chi connectivity index (χ0v) is 12.0. The smallest absolute Gasteiger partial charge is 0.320 e. The van der Waals surface area contributed by atoms with Crippen LogP contribution in [0.2, 0.25) is 5.02 Å². The van der Waals surface area contributed by atoms with Gasteiger partial charge in [0.15, 0.2) is 0 Å². The van der Waals surface area contributed by atoms with Gasteiger partial charge in [0.25, 0.3) is 0 Å². The van der Waals surface area contributed by atoms with E-state index in [-0.39, 0.29) is 36.7 Å². The van der Waals surface area contributed by atoms with Gasteiger partial charge in [0.2, 0.25) is 11.8 Å². The predicted octanol–water partition coefficient (Wildman–Crippen LogP) is 1.71. The number of nitrogens with one attached hydrogen (secondary N) is 1. The number of imide groups is 1. The Hall–Kier alpha value is -2.08. The number of amides is 4. The molecule has 2 aliphatic rings. The zero-order chi connectivity index (χ0) is 15.0. The van der Waals surface area contributed by atoms with Crippen LogP contribution in [0.15, 0.2) is 24.3 Å². The molecule has 6 nitrogen and oxygen atoms in total. The highest BCUT2D eigenvalue weighted by molar-refractivity contribution is 6.30. The molecule has 110 valence electrons. The Labute approximate surface area is 126 Å². The first-order valence-corrected chi connectivity index (χ1v) is 7.09. The van der Waals surface area contributed by atoms with Crippen LogP contribution in [0.25, 0.3) is 0 Å². The summed E-state index contributed by atoms with van der Waals surface area (Å²) in [6, 6.07) is 6.43. The molecule has 1 aromatic rings. The number of urea groups is 1. The maximum Gasteiger partial charge on any atom is 0.321 e. The van der Waals surface area contributed by atoms with Crippen LogP contribution in [-0.4, -0.2) is 46.8 Å². The highest BCUT2D eigenvalue weighted by Crippen LogP contribution is 2.23. The number of hydrogen-bond donors (Lipinski definition) is 1. The first-order valence-electron chi connectivity index (χ1n) is 6.71. The summed E-state index contributed by atoms with van der Waals surface area (Å²) in [5.74, 6) is -0.278. The van der Waals surface area contributed by atoms with Crippen molar-refractivity contribution in [1.82, 2.24) is 9.80 Å².